The molecule has 7 nitrogen and oxygen atoms in total. The van der Waals surface area contributed by atoms with E-state index < -0.39 is 9.84 Å². The number of aromatic nitrogens is 4. The molecule has 31 heavy (non-hydrogen) atoms. The second-order valence-electron chi connectivity index (χ2n) is 6.64. The highest BCUT2D eigenvalue weighted by Gasteiger charge is 2.29. The highest BCUT2D eigenvalue weighted by molar-refractivity contribution is 7.99. The molecular weight excluding hydrogens is 456 g/mol. The molecular formula is C21H19ClN4O3S2. The average molecular weight is 475 g/mol. The molecule has 0 saturated carbocycles. The minimum absolute atomic E-state index is 0.0612. The van der Waals surface area contributed by atoms with E-state index in [2.05, 4.69) is 15.1 Å². The standard InChI is InChI=1S/C21H19ClN4O3S2/c1-4-29-18-9-8-14(12-23-18)17-10-13(2)26-20(24-17)19(21(25-26)30-3)31(27,28)16-7-5-6-15(22)11-16/h5-12H,4H2,1-3H3. The first-order valence-electron chi connectivity index (χ1n) is 9.39. The van der Waals surface area contributed by atoms with E-state index in [9.17, 15) is 8.42 Å². The minimum atomic E-state index is -3.90. The van der Waals surface area contributed by atoms with Crippen LogP contribution in [0.3, 0.4) is 0 Å². The Morgan fingerprint density at radius 2 is 2.00 bits per heavy atom. The third-order valence-corrected chi connectivity index (χ3v) is 7.41. The Morgan fingerprint density at radius 3 is 2.65 bits per heavy atom. The van der Waals surface area contributed by atoms with E-state index in [0.29, 0.717) is 28.2 Å². The Labute approximate surface area is 189 Å². The summed E-state index contributed by atoms with van der Waals surface area (Å²) in [6.45, 7) is 4.26. The van der Waals surface area contributed by atoms with Gasteiger partial charge in [0.1, 0.15) is 5.03 Å². The molecule has 0 atom stereocenters. The van der Waals surface area contributed by atoms with Crippen molar-refractivity contribution in [3.63, 3.8) is 0 Å². The second kappa shape index (κ2) is 8.49. The first-order chi connectivity index (χ1) is 14.8. The number of aryl methyl sites for hydroxylation is 1. The summed E-state index contributed by atoms with van der Waals surface area (Å²) in [6, 6.07) is 11.6. The van der Waals surface area contributed by atoms with Crippen molar-refractivity contribution in [1.82, 2.24) is 19.6 Å². The molecule has 0 radical (unpaired) electrons. The molecule has 3 heterocycles. The van der Waals surface area contributed by atoms with Crippen molar-refractivity contribution >= 4 is 38.8 Å². The zero-order valence-electron chi connectivity index (χ0n) is 17.0. The predicted molar refractivity (Wildman–Crippen MR) is 121 cm³/mol. The van der Waals surface area contributed by atoms with Gasteiger partial charge < -0.3 is 4.74 Å². The number of pyridine rings is 1. The van der Waals surface area contributed by atoms with Crippen molar-refractivity contribution in [3.05, 3.63) is 59.4 Å². The normalized spacial score (nSPS) is 11.7. The molecule has 4 aromatic rings. The van der Waals surface area contributed by atoms with E-state index in [-0.39, 0.29) is 15.4 Å². The summed E-state index contributed by atoms with van der Waals surface area (Å²) in [5.41, 5.74) is 2.34. The number of nitrogens with zero attached hydrogens (tertiary/aromatic N) is 4. The van der Waals surface area contributed by atoms with Gasteiger partial charge >= 0.3 is 0 Å². The molecule has 0 saturated heterocycles. The number of thioether (sulfide) groups is 1. The molecule has 0 N–H and O–H groups in total. The molecule has 0 bridgehead atoms. The van der Waals surface area contributed by atoms with Crippen molar-refractivity contribution in [1.29, 1.82) is 0 Å². The Balaban J connectivity index is 1.93. The van der Waals surface area contributed by atoms with Crippen LogP contribution in [0.2, 0.25) is 5.02 Å². The summed E-state index contributed by atoms with van der Waals surface area (Å²) in [5.74, 6) is 0.516. The quantitative estimate of drug-likeness (QED) is 0.374. The lowest BCUT2D eigenvalue weighted by Crippen LogP contribution is -2.05. The van der Waals surface area contributed by atoms with Gasteiger partial charge in [0.05, 0.1) is 17.2 Å². The van der Waals surface area contributed by atoms with Gasteiger partial charge in [0.15, 0.2) is 10.5 Å². The van der Waals surface area contributed by atoms with Gasteiger partial charge in [0, 0.05) is 28.5 Å². The molecule has 0 aliphatic heterocycles. The van der Waals surface area contributed by atoms with Crippen molar-refractivity contribution in [3.8, 4) is 17.1 Å². The van der Waals surface area contributed by atoms with Crippen LogP contribution >= 0.6 is 23.4 Å². The first-order valence-corrected chi connectivity index (χ1v) is 12.5. The van der Waals surface area contributed by atoms with Crippen LogP contribution in [0.1, 0.15) is 12.6 Å². The van der Waals surface area contributed by atoms with Crippen LogP contribution in [0.25, 0.3) is 16.9 Å². The van der Waals surface area contributed by atoms with Gasteiger partial charge in [-0.1, -0.05) is 17.7 Å². The van der Waals surface area contributed by atoms with Crippen LogP contribution in [0.5, 0.6) is 5.88 Å². The number of ether oxygens (including phenoxy) is 1. The minimum Gasteiger partial charge on any atom is -0.478 e. The molecule has 0 fully saturated rings. The number of rotatable bonds is 6. The molecule has 0 aliphatic carbocycles. The molecule has 0 unspecified atom stereocenters. The van der Waals surface area contributed by atoms with Crippen molar-refractivity contribution < 1.29 is 13.2 Å². The Kier molecular flexibility index (Phi) is 5.92. The summed E-state index contributed by atoms with van der Waals surface area (Å²) >= 11 is 7.30. The van der Waals surface area contributed by atoms with E-state index in [0.717, 1.165) is 11.3 Å². The fraction of sp³-hybridized carbons (Fsp3) is 0.190. The monoisotopic (exact) mass is 474 g/mol. The van der Waals surface area contributed by atoms with Crippen molar-refractivity contribution in [2.24, 2.45) is 0 Å². The van der Waals surface area contributed by atoms with Crippen LogP contribution in [0.4, 0.5) is 0 Å². The average Bonchev–Trinajstić information content (AvgIpc) is 3.14. The van der Waals surface area contributed by atoms with Crippen LogP contribution in [0.15, 0.2) is 63.5 Å². The highest BCUT2D eigenvalue weighted by atomic mass is 35.5. The molecule has 1 aromatic carbocycles. The lowest BCUT2D eigenvalue weighted by Gasteiger charge is -2.08. The van der Waals surface area contributed by atoms with Gasteiger partial charge in [-0.2, -0.15) is 5.10 Å². The van der Waals surface area contributed by atoms with Crippen LogP contribution in [-0.4, -0.2) is 40.9 Å². The van der Waals surface area contributed by atoms with E-state index >= 15 is 0 Å². The number of halogens is 1. The number of hydrogen-bond donors (Lipinski definition) is 0. The molecule has 160 valence electrons. The predicted octanol–water partition coefficient (Wildman–Crippen LogP) is 4.71. The van der Waals surface area contributed by atoms with E-state index in [1.165, 1.54) is 23.9 Å². The topological polar surface area (TPSA) is 86.5 Å². The summed E-state index contributed by atoms with van der Waals surface area (Å²) < 4.78 is 34.0. The van der Waals surface area contributed by atoms with Crippen LogP contribution < -0.4 is 4.74 Å². The lowest BCUT2D eigenvalue weighted by atomic mass is 10.2. The summed E-state index contributed by atoms with van der Waals surface area (Å²) in [4.78, 5) is 9.10. The summed E-state index contributed by atoms with van der Waals surface area (Å²) in [7, 11) is -3.90. The largest absolute Gasteiger partial charge is 0.478 e. The second-order valence-corrected chi connectivity index (χ2v) is 9.75. The Bertz CT molecular complexity index is 1370. The van der Waals surface area contributed by atoms with Gasteiger partial charge in [-0.25, -0.2) is 22.9 Å². The maximum absolute atomic E-state index is 13.5. The zero-order chi connectivity index (χ0) is 22.2. The molecule has 3 aromatic heterocycles. The highest BCUT2D eigenvalue weighted by Crippen LogP contribution is 2.34. The third-order valence-electron chi connectivity index (χ3n) is 4.59. The van der Waals surface area contributed by atoms with Crippen molar-refractivity contribution in [2.75, 3.05) is 12.9 Å². The van der Waals surface area contributed by atoms with Crippen molar-refractivity contribution in [2.45, 2.75) is 28.7 Å². The smallest absolute Gasteiger partial charge is 0.213 e. The summed E-state index contributed by atoms with van der Waals surface area (Å²) in [5, 5.41) is 5.20. The van der Waals surface area contributed by atoms with E-state index in [4.69, 9.17) is 16.3 Å². The van der Waals surface area contributed by atoms with E-state index in [1.54, 1.807) is 35.2 Å². The third kappa shape index (κ3) is 4.00. The van der Waals surface area contributed by atoms with Crippen LogP contribution in [-0.2, 0) is 9.84 Å². The fourth-order valence-electron chi connectivity index (χ4n) is 3.16. The number of fused-ring (bicyclic) bond motifs is 1. The van der Waals surface area contributed by atoms with Gasteiger partial charge in [0.2, 0.25) is 15.7 Å². The molecule has 4 rings (SSSR count). The van der Waals surface area contributed by atoms with Gasteiger partial charge in [-0.3, -0.25) is 0 Å². The Hall–Kier alpha value is -2.62. The maximum atomic E-state index is 13.5. The molecule has 0 spiro atoms. The van der Waals surface area contributed by atoms with Gasteiger partial charge in [0.25, 0.3) is 0 Å². The van der Waals surface area contributed by atoms with Gasteiger partial charge in [-0.15, -0.1) is 11.8 Å². The summed E-state index contributed by atoms with van der Waals surface area (Å²) in [6.07, 6.45) is 3.44. The number of hydrogen-bond acceptors (Lipinski definition) is 7. The maximum Gasteiger partial charge on any atom is 0.213 e. The number of benzene rings is 1. The molecule has 0 aliphatic rings. The molecule has 10 heteroatoms. The lowest BCUT2D eigenvalue weighted by molar-refractivity contribution is 0.327. The first kappa shape index (κ1) is 21.6. The van der Waals surface area contributed by atoms with E-state index in [1.807, 2.05) is 26.0 Å². The zero-order valence-corrected chi connectivity index (χ0v) is 19.4. The van der Waals surface area contributed by atoms with Gasteiger partial charge in [-0.05, 0) is 50.4 Å². The molecule has 0 amide bonds. The van der Waals surface area contributed by atoms with Crippen LogP contribution in [0, 0.1) is 6.92 Å². The SMILES string of the molecule is CCOc1ccc(-c2cc(C)n3nc(SC)c(S(=O)(=O)c4cccc(Cl)c4)c3n2)cn1. The Morgan fingerprint density at radius 1 is 1.19 bits per heavy atom. The number of sulfone groups is 1. The fourth-order valence-corrected chi connectivity index (χ4v) is 5.85.